The summed E-state index contributed by atoms with van der Waals surface area (Å²) < 4.78 is 24.4. The van der Waals surface area contributed by atoms with E-state index in [4.69, 9.17) is 20.6 Å². The number of nitrogens with one attached hydrogen (secondary N) is 6. The molecule has 0 saturated heterocycles. The highest BCUT2D eigenvalue weighted by atomic mass is 35.5. The number of rotatable bonds is 30. The van der Waals surface area contributed by atoms with E-state index in [1.54, 1.807) is 92.2 Å². The molecule has 0 spiro atoms. The monoisotopic (exact) mass is 1550 g/mol. The van der Waals surface area contributed by atoms with Gasteiger partial charge in [-0.15, -0.1) is 11.3 Å². The Labute approximate surface area is 656 Å². The van der Waals surface area contributed by atoms with Gasteiger partial charge in [0.25, 0.3) is 0 Å². The number of nitrogens with zero attached hydrogens (tertiary/aromatic N) is 1. The molecule has 1 unspecified atom stereocenters. The molecule has 0 amide bonds. The van der Waals surface area contributed by atoms with Crippen molar-refractivity contribution in [2.24, 2.45) is 0 Å². The Balaban J connectivity index is 0. The molecule has 5 aromatic carbocycles. The first-order valence-electron chi connectivity index (χ1n) is 34.4. The molecule has 2 aliphatic carbocycles. The zero-order valence-electron chi connectivity index (χ0n) is 61.5. The molecule has 6 atom stereocenters. The van der Waals surface area contributed by atoms with E-state index in [0.717, 1.165) is 71.3 Å². The summed E-state index contributed by atoms with van der Waals surface area (Å²) in [6.45, 7) is 16.2. The van der Waals surface area contributed by atoms with E-state index >= 15 is 0 Å². The van der Waals surface area contributed by atoms with E-state index in [1.165, 1.54) is 60.2 Å². The van der Waals surface area contributed by atoms with Gasteiger partial charge in [-0.1, -0.05) is 159 Å². The Morgan fingerprint density at radius 1 is 0.495 bits per heavy atom. The summed E-state index contributed by atoms with van der Waals surface area (Å²) in [7, 11) is 7.83. The Morgan fingerprint density at radius 2 is 0.972 bits per heavy atom. The minimum absolute atomic E-state index is 0. The molecule has 10 rings (SSSR count). The molecule has 0 bridgehead atoms. The second-order valence-corrected chi connectivity index (χ2v) is 29.2. The lowest BCUT2D eigenvalue weighted by Crippen LogP contribution is -2.34. The lowest BCUT2D eigenvalue weighted by atomic mass is 9.94. The molecule has 0 radical (unpaired) electrons. The van der Waals surface area contributed by atoms with Crippen molar-refractivity contribution >= 4 is 109 Å². The summed E-state index contributed by atoms with van der Waals surface area (Å²) in [5, 5.41) is 27.6. The summed E-state index contributed by atoms with van der Waals surface area (Å²) in [4.78, 5) is 72.7. The van der Waals surface area contributed by atoms with Gasteiger partial charge in [0.1, 0.15) is 34.7 Å². The van der Waals surface area contributed by atoms with Gasteiger partial charge in [-0.05, 0) is 269 Å². The number of hydrogen-bond donors (Lipinski definition) is 6. The molecule has 0 aliphatic heterocycles. The van der Waals surface area contributed by atoms with Crippen LogP contribution in [0.3, 0.4) is 0 Å². The number of carbonyl (C=O) groups is 6. The number of para-hydroxylation sites is 1. The fraction of sp³-hybridized carbons (Fsp3) is 0.437. The van der Waals surface area contributed by atoms with E-state index in [0.29, 0.717) is 26.1 Å². The fourth-order valence-electron chi connectivity index (χ4n) is 11.8. The summed E-state index contributed by atoms with van der Waals surface area (Å²) in [5.41, 5.74) is 15.5. The van der Waals surface area contributed by atoms with Gasteiger partial charge in [0, 0.05) is 27.2 Å². The first kappa shape index (κ1) is 102. The number of aryl methyl sites for hydroxylation is 1. The van der Waals surface area contributed by atoms with Crippen molar-refractivity contribution in [1.82, 2.24) is 36.9 Å². The van der Waals surface area contributed by atoms with Crippen molar-refractivity contribution in [3.05, 3.63) is 216 Å². The van der Waals surface area contributed by atoms with E-state index in [-0.39, 0.29) is 122 Å². The maximum atomic E-state index is 12.5. The number of allylic oxidation sites excluding steroid dienone is 2. The summed E-state index contributed by atoms with van der Waals surface area (Å²) in [6, 6.07) is 41.9. The second-order valence-electron chi connectivity index (χ2n) is 25.0. The van der Waals surface area contributed by atoms with Gasteiger partial charge in [-0.25, -0.2) is 0 Å². The molecule has 3 heterocycles. The molecule has 107 heavy (non-hydrogen) atoms. The highest BCUT2D eigenvalue weighted by molar-refractivity contribution is 7.53. The maximum absolute atomic E-state index is 12.5. The quantitative estimate of drug-likeness (QED) is 0.0230. The topological polar surface area (TPSA) is 223 Å². The molecule has 16 nitrogen and oxygen atoms in total. The lowest BCUT2D eigenvalue weighted by Gasteiger charge is -2.17. The molecule has 20 heteroatoms. The standard InChI is InChI=1S/C16H26NO4P.C15H19NO.C14H16ClNO.C14H16N2O.C13H15NOS.C9H13NOS.6CH4/c1-5-20-22(19,21-6-2)12-15-9-7-14(8-10-15)11-16(17-4)13(3)18;1-10-5-4-6-12-7-8-13(15(10)12)9-14(16-3)11(2)17;1-9(17)14(16-2)8-11-4-3-10-7-12(15)5-6-13(10)11;1-10(17)14(15-2)9-12-8-7-11-5-3-4-6-13(11)16-12;1-9(15)12(14-2)7-10-8-16-13-6-4-3-5-11(10)13;1-7(11)9(10-2)5-8-3-4-12-6-8;;;;;;/h7-10,16-17H,5-6,11-12H2,1-4H3;4-6,8,14,16H,7,9H2,1-3H3;4-7,14,16H,3,8H2,1-2H3;3-8,14-15H,9H2,1-2H3;3-6,8,12,14H,7H2,1-2H3;3-4,6,9-10H,5H2,1-2H3;6*1H4/t16-;;2*14-;12-;9-;;;;;;/m0.0000....../s1. The summed E-state index contributed by atoms with van der Waals surface area (Å²) in [6.07, 6.45) is 11.0. The third-order valence-electron chi connectivity index (χ3n) is 17.7. The smallest absolute Gasteiger partial charge is 0.310 e. The number of carbonyl (C=O) groups excluding carboxylic acids is 6. The Kier molecular flexibility index (Phi) is 50.3. The second kappa shape index (κ2) is 52.8. The highest BCUT2D eigenvalue weighted by Gasteiger charge is 2.26. The van der Waals surface area contributed by atoms with Crippen LogP contribution in [0.2, 0.25) is 5.02 Å². The zero-order chi connectivity index (χ0) is 74.2. The number of Topliss-reactive ketones (excluding diaryl/α,β-unsaturated/α-hetero) is 6. The van der Waals surface area contributed by atoms with Crippen molar-refractivity contribution in [3.63, 3.8) is 0 Å². The molecular formula is C87H129ClN7O9PS2. The Hall–Kier alpha value is -7.13. The number of pyridine rings is 1. The molecule has 0 saturated carbocycles. The van der Waals surface area contributed by atoms with Crippen LogP contribution >= 0.6 is 41.9 Å². The van der Waals surface area contributed by atoms with Crippen LogP contribution < -0.4 is 31.9 Å². The van der Waals surface area contributed by atoms with Crippen LogP contribution in [0.25, 0.3) is 32.1 Å². The van der Waals surface area contributed by atoms with Crippen molar-refractivity contribution in [3.8, 4) is 0 Å². The van der Waals surface area contributed by atoms with Crippen LogP contribution in [0.1, 0.15) is 169 Å². The van der Waals surface area contributed by atoms with Crippen molar-refractivity contribution < 1.29 is 42.4 Å². The predicted octanol–water partition coefficient (Wildman–Crippen LogP) is 18.4. The van der Waals surface area contributed by atoms with Crippen LogP contribution in [0.4, 0.5) is 0 Å². The largest absolute Gasteiger partial charge is 0.335 e. The number of aromatic nitrogens is 1. The molecule has 0 fully saturated rings. The molecule has 590 valence electrons. The number of halogens is 1. The molecule has 8 aromatic rings. The van der Waals surface area contributed by atoms with Gasteiger partial charge >= 0.3 is 7.60 Å². The third-order valence-corrected chi connectivity index (χ3v) is 21.7. The van der Waals surface area contributed by atoms with Gasteiger partial charge in [-0.2, -0.15) is 11.3 Å². The third kappa shape index (κ3) is 32.9. The Bertz CT molecular complexity index is 4090. The van der Waals surface area contributed by atoms with Crippen molar-refractivity contribution in [1.29, 1.82) is 0 Å². The van der Waals surface area contributed by atoms with Crippen molar-refractivity contribution in [2.75, 3.05) is 55.5 Å². The number of ketones is 6. The van der Waals surface area contributed by atoms with Crippen LogP contribution in [-0.4, -0.2) is 131 Å². The lowest BCUT2D eigenvalue weighted by molar-refractivity contribution is -0.119. The van der Waals surface area contributed by atoms with E-state index < -0.39 is 7.60 Å². The SMILES string of the molecule is C.C.C.C.C.C.CCOP(=O)(Cc1ccc(C[C@H](NC)C(C)=O)cc1)OCC.CNC(CC1=CCc2cccc(C)c21)C(C)=O.CN[C@@H](CC1=CCc2cc(Cl)ccc21)C(C)=O.CN[C@@H](Cc1ccc2ccccc2n1)C(C)=O.CN[C@@H](Cc1ccsc1)C(C)=O.CN[C@@H](Cc1csc2ccccc12)C(C)=O. The average Bonchev–Trinajstić information content (AvgIpc) is 1.71. The van der Waals surface area contributed by atoms with Gasteiger partial charge in [0.2, 0.25) is 0 Å². The first-order chi connectivity index (χ1) is 48.3. The van der Waals surface area contributed by atoms with Gasteiger partial charge in [-0.3, -0.25) is 38.3 Å². The maximum Gasteiger partial charge on any atom is 0.335 e. The fourth-order valence-corrected chi connectivity index (χ4v) is 15.4. The number of thiophene rings is 2. The molecular weight excluding hydrogens is 1420 g/mol. The van der Waals surface area contributed by atoms with Crippen LogP contribution in [0.5, 0.6) is 0 Å². The number of hydrogen-bond acceptors (Lipinski definition) is 18. The number of likely N-dealkylation sites (N-methyl/N-ethyl adjacent to an activating group) is 6. The Morgan fingerprint density at radius 3 is 1.50 bits per heavy atom. The predicted molar refractivity (Wildman–Crippen MR) is 460 cm³/mol. The van der Waals surface area contributed by atoms with Gasteiger partial charge in [0.15, 0.2) is 0 Å². The summed E-state index contributed by atoms with van der Waals surface area (Å²) in [5.74, 6) is 1.03. The minimum Gasteiger partial charge on any atom is -0.310 e. The van der Waals surface area contributed by atoms with Crippen molar-refractivity contribution in [2.45, 2.75) is 201 Å². The van der Waals surface area contributed by atoms with E-state index in [9.17, 15) is 33.3 Å². The first-order valence-corrected chi connectivity index (χ1v) is 38.4. The zero-order valence-corrected chi connectivity index (χ0v) is 64.8. The van der Waals surface area contributed by atoms with Gasteiger partial charge < -0.3 is 40.9 Å². The number of benzene rings is 5. The average molecular weight is 1550 g/mol. The molecule has 2 aliphatic rings. The normalized spacial score (nSPS) is 12.9. The molecule has 3 aromatic heterocycles. The van der Waals surface area contributed by atoms with Crippen LogP contribution in [0, 0.1) is 6.92 Å². The highest BCUT2D eigenvalue weighted by Crippen LogP contribution is 2.51. The van der Waals surface area contributed by atoms with Crippen LogP contribution in [-0.2, 0) is 87.1 Å². The van der Waals surface area contributed by atoms with E-state index in [1.807, 2.05) is 125 Å². The molecule has 6 N–H and O–H groups in total. The minimum atomic E-state index is -3.07. The summed E-state index contributed by atoms with van der Waals surface area (Å²) >= 11 is 9.37. The van der Waals surface area contributed by atoms with Gasteiger partial charge in [0.05, 0.1) is 61.1 Å². The number of fused-ring (bicyclic) bond motifs is 4. The van der Waals surface area contributed by atoms with Crippen LogP contribution in [0.15, 0.2) is 156 Å². The van der Waals surface area contributed by atoms with E-state index in [2.05, 4.69) is 103 Å².